The fraction of sp³-hybridized carbons (Fsp3) is 0.750. The van der Waals surface area contributed by atoms with Crippen molar-refractivity contribution in [2.24, 2.45) is 0 Å². The van der Waals surface area contributed by atoms with E-state index in [4.69, 9.17) is 0 Å². The predicted octanol–water partition coefficient (Wildman–Crippen LogP) is 3.14. The number of nitrogens with one attached hydrogen (secondary N) is 1. The normalized spacial score (nSPS) is 21.8. The highest BCUT2D eigenvalue weighted by Crippen LogP contribution is 2.37. The monoisotopic (exact) mass is 308 g/mol. The number of carbonyl (C=O) groups is 1. The lowest BCUT2D eigenvalue weighted by Crippen LogP contribution is -2.40. The molecular formula is C16H24N2O2S. The Balaban J connectivity index is 1.64. The van der Waals surface area contributed by atoms with E-state index in [1.165, 1.54) is 25.7 Å². The van der Waals surface area contributed by atoms with Crippen LogP contribution >= 0.6 is 11.3 Å². The van der Waals surface area contributed by atoms with Crippen LogP contribution in [0.2, 0.25) is 0 Å². The molecule has 2 fully saturated rings. The minimum Gasteiger partial charge on any atom is -0.388 e. The Kier molecular flexibility index (Phi) is 4.31. The zero-order valence-corrected chi connectivity index (χ0v) is 13.5. The van der Waals surface area contributed by atoms with Crippen LogP contribution in [0.15, 0.2) is 0 Å². The van der Waals surface area contributed by atoms with Crippen LogP contribution < -0.4 is 5.32 Å². The van der Waals surface area contributed by atoms with Crippen LogP contribution in [0.3, 0.4) is 0 Å². The van der Waals surface area contributed by atoms with Gasteiger partial charge in [0.15, 0.2) is 0 Å². The van der Waals surface area contributed by atoms with Crippen LogP contribution in [0.1, 0.15) is 77.7 Å². The molecule has 0 aromatic carbocycles. The third-order valence-electron chi connectivity index (χ3n) is 4.84. The summed E-state index contributed by atoms with van der Waals surface area (Å²) in [5, 5.41) is 14.3. The third kappa shape index (κ3) is 3.29. The Morgan fingerprint density at radius 1 is 1.33 bits per heavy atom. The first-order valence-electron chi connectivity index (χ1n) is 8.05. The molecular weight excluding hydrogens is 284 g/mol. The second-order valence-corrected chi connectivity index (χ2v) is 7.59. The zero-order chi connectivity index (χ0) is 14.9. The smallest absolute Gasteiger partial charge is 0.263 e. The third-order valence-corrected chi connectivity index (χ3v) is 6.15. The van der Waals surface area contributed by atoms with Crippen molar-refractivity contribution in [2.75, 3.05) is 6.54 Å². The highest BCUT2D eigenvalue weighted by atomic mass is 32.1. The van der Waals surface area contributed by atoms with Crippen LogP contribution in [-0.4, -0.2) is 28.1 Å². The number of hydrogen-bond donors (Lipinski definition) is 2. The molecule has 2 N–H and O–H groups in total. The lowest BCUT2D eigenvalue weighted by molar-refractivity contribution is 0.0450. The molecule has 0 unspecified atom stereocenters. The van der Waals surface area contributed by atoms with Crippen molar-refractivity contribution in [3.05, 3.63) is 15.6 Å². The molecule has 0 spiro atoms. The summed E-state index contributed by atoms with van der Waals surface area (Å²) in [6.07, 6.45) is 8.65. The molecule has 0 bridgehead atoms. The summed E-state index contributed by atoms with van der Waals surface area (Å²) in [7, 11) is 0. The van der Waals surface area contributed by atoms with Crippen LogP contribution in [-0.2, 0) is 0 Å². The number of carbonyl (C=O) groups excluding carboxylic acids is 1. The summed E-state index contributed by atoms with van der Waals surface area (Å²) in [6.45, 7) is 2.27. The number of thiazole rings is 1. The first kappa shape index (κ1) is 15.0. The first-order chi connectivity index (χ1) is 10.1. The van der Waals surface area contributed by atoms with E-state index < -0.39 is 5.60 Å². The van der Waals surface area contributed by atoms with Gasteiger partial charge in [-0.2, -0.15) is 0 Å². The Hall–Kier alpha value is -0.940. The van der Waals surface area contributed by atoms with E-state index in [-0.39, 0.29) is 5.91 Å². The van der Waals surface area contributed by atoms with E-state index in [1.54, 1.807) is 11.3 Å². The van der Waals surface area contributed by atoms with E-state index in [2.05, 4.69) is 10.3 Å². The summed E-state index contributed by atoms with van der Waals surface area (Å²) < 4.78 is 0. The van der Waals surface area contributed by atoms with Crippen molar-refractivity contribution >= 4 is 17.2 Å². The van der Waals surface area contributed by atoms with Gasteiger partial charge in [-0.1, -0.05) is 25.7 Å². The van der Waals surface area contributed by atoms with Gasteiger partial charge in [0.05, 0.1) is 16.3 Å². The van der Waals surface area contributed by atoms with Crippen LogP contribution in [0, 0.1) is 6.92 Å². The van der Waals surface area contributed by atoms with Crippen molar-refractivity contribution < 1.29 is 9.90 Å². The van der Waals surface area contributed by atoms with Gasteiger partial charge in [-0.25, -0.2) is 4.98 Å². The number of aliphatic hydroxyl groups is 1. The largest absolute Gasteiger partial charge is 0.388 e. The maximum Gasteiger partial charge on any atom is 0.263 e. The molecule has 4 nitrogen and oxygen atoms in total. The van der Waals surface area contributed by atoms with Crippen LogP contribution in [0.5, 0.6) is 0 Å². The topological polar surface area (TPSA) is 62.2 Å². The minimum atomic E-state index is -0.692. The van der Waals surface area contributed by atoms with E-state index in [0.29, 0.717) is 12.5 Å². The Labute approximate surface area is 130 Å². The predicted molar refractivity (Wildman–Crippen MR) is 83.8 cm³/mol. The van der Waals surface area contributed by atoms with Gasteiger partial charge < -0.3 is 10.4 Å². The molecule has 1 aromatic heterocycles. The average molecular weight is 308 g/mol. The quantitative estimate of drug-likeness (QED) is 0.898. The molecule has 0 aliphatic heterocycles. The molecule has 2 aliphatic carbocycles. The second-order valence-electron chi connectivity index (χ2n) is 6.56. The molecule has 5 heteroatoms. The van der Waals surface area contributed by atoms with Gasteiger partial charge in [0.1, 0.15) is 4.88 Å². The SMILES string of the molecule is Cc1nc(C2CCCC2)sc1C(=O)NCC1(O)CCCC1. The summed E-state index contributed by atoms with van der Waals surface area (Å²) >= 11 is 1.54. The molecule has 116 valence electrons. The summed E-state index contributed by atoms with van der Waals surface area (Å²) in [5.41, 5.74) is 0.139. The summed E-state index contributed by atoms with van der Waals surface area (Å²) in [5.74, 6) is 0.476. The fourth-order valence-corrected chi connectivity index (χ4v) is 4.66. The van der Waals surface area contributed by atoms with Crippen LogP contribution in [0.4, 0.5) is 0 Å². The van der Waals surface area contributed by atoms with Gasteiger partial charge in [0.25, 0.3) is 5.91 Å². The molecule has 0 radical (unpaired) electrons. The van der Waals surface area contributed by atoms with Gasteiger partial charge in [-0.05, 0) is 32.6 Å². The highest BCUT2D eigenvalue weighted by molar-refractivity contribution is 7.13. The van der Waals surface area contributed by atoms with Crippen molar-refractivity contribution in [3.63, 3.8) is 0 Å². The molecule has 1 amide bonds. The number of hydrogen-bond acceptors (Lipinski definition) is 4. The van der Waals surface area contributed by atoms with Gasteiger partial charge in [0.2, 0.25) is 0 Å². The Morgan fingerprint density at radius 2 is 2.00 bits per heavy atom. The molecule has 21 heavy (non-hydrogen) atoms. The fourth-order valence-electron chi connectivity index (χ4n) is 3.51. The van der Waals surface area contributed by atoms with E-state index >= 15 is 0 Å². The van der Waals surface area contributed by atoms with E-state index in [0.717, 1.165) is 41.3 Å². The van der Waals surface area contributed by atoms with Crippen molar-refractivity contribution in [1.82, 2.24) is 10.3 Å². The van der Waals surface area contributed by atoms with Gasteiger partial charge in [-0.3, -0.25) is 4.79 Å². The van der Waals surface area contributed by atoms with Gasteiger partial charge in [0, 0.05) is 12.5 Å². The Bertz CT molecular complexity index is 514. The van der Waals surface area contributed by atoms with Crippen molar-refractivity contribution in [3.8, 4) is 0 Å². The van der Waals surface area contributed by atoms with E-state index in [9.17, 15) is 9.90 Å². The number of aryl methyl sites for hydroxylation is 1. The number of nitrogens with zero attached hydrogens (tertiary/aromatic N) is 1. The lowest BCUT2D eigenvalue weighted by Gasteiger charge is -2.22. The molecule has 3 rings (SSSR count). The molecule has 0 saturated heterocycles. The highest BCUT2D eigenvalue weighted by Gasteiger charge is 2.32. The zero-order valence-electron chi connectivity index (χ0n) is 12.7. The average Bonchev–Trinajstić information content (AvgIpc) is 3.16. The van der Waals surface area contributed by atoms with Crippen molar-refractivity contribution in [1.29, 1.82) is 0 Å². The summed E-state index contributed by atoms with van der Waals surface area (Å²) in [6, 6.07) is 0. The number of rotatable bonds is 4. The molecule has 0 atom stereocenters. The first-order valence-corrected chi connectivity index (χ1v) is 8.87. The molecule has 2 saturated carbocycles. The lowest BCUT2D eigenvalue weighted by atomic mass is 10.0. The molecule has 2 aliphatic rings. The second kappa shape index (κ2) is 6.05. The molecule has 1 aromatic rings. The maximum atomic E-state index is 12.3. The van der Waals surface area contributed by atoms with Gasteiger partial charge >= 0.3 is 0 Å². The number of amides is 1. The van der Waals surface area contributed by atoms with Crippen molar-refractivity contribution in [2.45, 2.75) is 69.8 Å². The minimum absolute atomic E-state index is 0.0745. The van der Waals surface area contributed by atoms with E-state index in [1.807, 2.05) is 6.92 Å². The van der Waals surface area contributed by atoms with Crippen LogP contribution in [0.25, 0.3) is 0 Å². The Morgan fingerprint density at radius 3 is 2.67 bits per heavy atom. The molecule has 1 heterocycles. The summed E-state index contributed by atoms with van der Waals surface area (Å²) in [4.78, 5) is 17.7. The number of aromatic nitrogens is 1. The maximum absolute atomic E-state index is 12.3. The standard InChI is InChI=1S/C16H24N2O2S/c1-11-13(21-15(18-11)12-6-2-3-7-12)14(19)17-10-16(20)8-4-5-9-16/h12,20H,2-10H2,1H3,(H,17,19). The van der Waals surface area contributed by atoms with Gasteiger partial charge in [-0.15, -0.1) is 11.3 Å².